The SMILES string of the molecule is CC/C=C\CC(CCC)c1cc(Cl)cc(Cl)c1. The second-order valence-electron chi connectivity index (χ2n) is 4.30. The van der Waals surface area contributed by atoms with Crippen molar-refractivity contribution in [3.63, 3.8) is 0 Å². The molecule has 1 aromatic carbocycles. The van der Waals surface area contributed by atoms with E-state index in [0.29, 0.717) is 5.92 Å². The summed E-state index contributed by atoms with van der Waals surface area (Å²) in [6.07, 6.45) is 8.98. The topological polar surface area (TPSA) is 0 Å². The lowest BCUT2D eigenvalue weighted by atomic mass is 9.91. The van der Waals surface area contributed by atoms with Crippen LogP contribution in [0.4, 0.5) is 0 Å². The maximum Gasteiger partial charge on any atom is 0.0423 e. The van der Waals surface area contributed by atoms with Crippen LogP contribution in [0.25, 0.3) is 0 Å². The summed E-state index contributed by atoms with van der Waals surface area (Å²) < 4.78 is 0. The van der Waals surface area contributed by atoms with Crippen molar-refractivity contribution in [2.45, 2.75) is 45.4 Å². The number of benzene rings is 1. The standard InChI is InChI=1S/C15H20Cl2/c1-3-5-6-8-12(7-4-2)13-9-14(16)11-15(17)10-13/h5-6,9-12H,3-4,7-8H2,1-2H3/b6-5-. The van der Waals surface area contributed by atoms with Crippen molar-refractivity contribution in [1.29, 1.82) is 0 Å². The van der Waals surface area contributed by atoms with Crippen LogP contribution in [-0.4, -0.2) is 0 Å². The van der Waals surface area contributed by atoms with Gasteiger partial charge in [-0.25, -0.2) is 0 Å². The Morgan fingerprint density at radius 2 is 1.71 bits per heavy atom. The van der Waals surface area contributed by atoms with Crippen molar-refractivity contribution in [2.24, 2.45) is 0 Å². The Morgan fingerprint density at radius 1 is 1.06 bits per heavy atom. The molecular formula is C15H20Cl2. The quantitative estimate of drug-likeness (QED) is 0.538. The highest BCUT2D eigenvalue weighted by Gasteiger charge is 2.10. The first kappa shape index (κ1) is 14.6. The Balaban J connectivity index is 2.84. The molecular weight excluding hydrogens is 251 g/mol. The second-order valence-corrected chi connectivity index (χ2v) is 5.18. The second kappa shape index (κ2) is 7.79. The van der Waals surface area contributed by atoms with Crippen LogP contribution in [0, 0.1) is 0 Å². The van der Waals surface area contributed by atoms with E-state index in [1.54, 1.807) is 6.07 Å². The number of allylic oxidation sites excluding steroid dienone is 2. The molecule has 0 radical (unpaired) electrons. The summed E-state index contributed by atoms with van der Waals surface area (Å²) >= 11 is 12.1. The molecule has 0 spiro atoms. The molecule has 1 atom stereocenters. The third kappa shape index (κ3) is 5.14. The van der Waals surface area contributed by atoms with Crippen LogP contribution in [-0.2, 0) is 0 Å². The molecule has 0 nitrogen and oxygen atoms in total. The molecule has 2 heteroatoms. The summed E-state index contributed by atoms with van der Waals surface area (Å²) in [5, 5.41) is 1.46. The predicted molar refractivity (Wildman–Crippen MR) is 78.2 cm³/mol. The van der Waals surface area contributed by atoms with Crippen molar-refractivity contribution in [3.05, 3.63) is 46.0 Å². The monoisotopic (exact) mass is 270 g/mol. The van der Waals surface area contributed by atoms with E-state index >= 15 is 0 Å². The van der Waals surface area contributed by atoms with Gasteiger partial charge in [0.1, 0.15) is 0 Å². The Bertz CT molecular complexity index is 349. The van der Waals surface area contributed by atoms with E-state index in [0.717, 1.165) is 22.9 Å². The molecule has 0 amide bonds. The van der Waals surface area contributed by atoms with Gasteiger partial charge in [0.15, 0.2) is 0 Å². The molecule has 0 N–H and O–H groups in total. The van der Waals surface area contributed by atoms with Crippen LogP contribution < -0.4 is 0 Å². The molecule has 1 rings (SSSR count). The molecule has 0 heterocycles. The fourth-order valence-corrected chi connectivity index (χ4v) is 2.55. The molecule has 0 saturated carbocycles. The summed E-state index contributed by atoms with van der Waals surface area (Å²) in [5.41, 5.74) is 1.25. The van der Waals surface area contributed by atoms with Gasteiger partial charge in [-0.3, -0.25) is 0 Å². The van der Waals surface area contributed by atoms with Gasteiger partial charge in [0.25, 0.3) is 0 Å². The van der Waals surface area contributed by atoms with Gasteiger partial charge in [-0.15, -0.1) is 0 Å². The van der Waals surface area contributed by atoms with Crippen LogP contribution in [0.3, 0.4) is 0 Å². The van der Waals surface area contributed by atoms with Gasteiger partial charge in [-0.2, -0.15) is 0 Å². The van der Waals surface area contributed by atoms with Gasteiger partial charge >= 0.3 is 0 Å². The van der Waals surface area contributed by atoms with Crippen molar-refractivity contribution in [2.75, 3.05) is 0 Å². The van der Waals surface area contributed by atoms with E-state index in [2.05, 4.69) is 26.0 Å². The zero-order valence-electron chi connectivity index (χ0n) is 10.5. The van der Waals surface area contributed by atoms with Gasteiger partial charge in [-0.1, -0.05) is 55.6 Å². The van der Waals surface area contributed by atoms with Crippen molar-refractivity contribution in [1.82, 2.24) is 0 Å². The molecule has 0 aromatic heterocycles. The van der Waals surface area contributed by atoms with Crippen LogP contribution in [0.2, 0.25) is 10.0 Å². The van der Waals surface area contributed by atoms with E-state index in [1.807, 2.05) is 12.1 Å². The molecule has 94 valence electrons. The van der Waals surface area contributed by atoms with Crippen molar-refractivity contribution >= 4 is 23.2 Å². The van der Waals surface area contributed by atoms with Crippen molar-refractivity contribution < 1.29 is 0 Å². The van der Waals surface area contributed by atoms with E-state index < -0.39 is 0 Å². The lowest BCUT2D eigenvalue weighted by Gasteiger charge is -2.15. The fraction of sp³-hybridized carbons (Fsp3) is 0.467. The first-order valence-electron chi connectivity index (χ1n) is 6.28. The highest BCUT2D eigenvalue weighted by Crippen LogP contribution is 2.30. The van der Waals surface area contributed by atoms with Crippen LogP contribution in [0.5, 0.6) is 0 Å². The zero-order valence-corrected chi connectivity index (χ0v) is 12.1. The predicted octanol–water partition coefficient (Wildman–Crippen LogP) is 6.23. The van der Waals surface area contributed by atoms with E-state index in [9.17, 15) is 0 Å². The highest BCUT2D eigenvalue weighted by atomic mass is 35.5. The van der Waals surface area contributed by atoms with Gasteiger partial charge in [0, 0.05) is 10.0 Å². The summed E-state index contributed by atoms with van der Waals surface area (Å²) in [5.74, 6) is 0.527. The molecule has 1 aromatic rings. The third-order valence-corrected chi connectivity index (χ3v) is 3.25. The van der Waals surface area contributed by atoms with Gasteiger partial charge in [-0.05, 0) is 48.9 Å². The lowest BCUT2D eigenvalue weighted by Crippen LogP contribution is -1.97. The van der Waals surface area contributed by atoms with Crippen LogP contribution in [0.1, 0.15) is 51.0 Å². The largest absolute Gasteiger partial charge is 0.0888 e. The Morgan fingerprint density at radius 3 is 2.24 bits per heavy atom. The molecule has 0 saturated heterocycles. The average Bonchev–Trinajstić information content (AvgIpc) is 2.27. The van der Waals surface area contributed by atoms with Crippen LogP contribution >= 0.6 is 23.2 Å². The summed E-state index contributed by atoms with van der Waals surface area (Å²) in [6, 6.07) is 5.86. The Labute approximate surface area is 115 Å². The first-order valence-corrected chi connectivity index (χ1v) is 7.04. The number of halogens is 2. The molecule has 0 fully saturated rings. The molecule has 0 aliphatic rings. The van der Waals surface area contributed by atoms with Gasteiger partial charge in [0.2, 0.25) is 0 Å². The van der Waals surface area contributed by atoms with E-state index in [-0.39, 0.29) is 0 Å². The lowest BCUT2D eigenvalue weighted by molar-refractivity contribution is 0.620. The molecule has 0 bridgehead atoms. The minimum Gasteiger partial charge on any atom is -0.0888 e. The van der Waals surface area contributed by atoms with Gasteiger partial charge < -0.3 is 0 Å². The molecule has 0 aliphatic heterocycles. The minimum atomic E-state index is 0.527. The molecule has 0 aliphatic carbocycles. The summed E-state index contributed by atoms with van der Waals surface area (Å²) in [6.45, 7) is 4.37. The van der Waals surface area contributed by atoms with E-state index in [1.165, 1.54) is 18.4 Å². The number of hydrogen-bond donors (Lipinski definition) is 0. The Hall–Kier alpha value is -0.460. The smallest absolute Gasteiger partial charge is 0.0423 e. The van der Waals surface area contributed by atoms with Crippen molar-refractivity contribution in [3.8, 4) is 0 Å². The minimum absolute atomic E-state index is 0.527. The first-order chi connectivity index (χ1) is 8.17. The number of hydrogen-bond acceptors (Lipinski definition) is 0. The zero-order chi connectivity index (χ0) is 12.7. The maximum atomic E-state index is 6.05. The van der Waals surface area contributed by atoms with Crippen LogP contribution in [0.15, 0.2) is 30.4 Å². The number of rotatable bonds is 6. The summed E-state index contributed by atoms with van der Waals surface area (Å²) in [4.78, 5) is 0. The third-order valence-electron chi connectivity index (χ3n) is 2.82. The Kier molecular flexibility index (Phi) is 6.69. The normalized spacial score (nSPS) is 13.2. The maximum absolute atomic E-state index is 6.05. The fourth-order valence-electron chi connectivity index (χ4n) is 2.01. The molecule has 17 heavy (non-hydrogen) atoms. The van der Waals surface area contributed by atoms with E-state index in [4.69, 9.17) is 23.2 Å². The van der Waals surface area contributed by atoms with Gasteiger partial charge in [0.05, 0.1) is 0 Å². The highest BCUT2D eigenvalue weighted by molar-refractivity contribution is 6.34. The average molecular weight is 271 g/mol. The summed E-state index contributed by atoms with van der Waals surface area (Å²) in [7, 11) is 0. The molecule has 1 unspecified atom stereocenters.